The van der Waals surface area contributed by atoms with Gasteiger partial charge in [0.1, 0.15) is 10.7 Å². The molecule has 2 N–H and O–H groups in total. The van der Waals surface area contributed by atoms with Gasteiger partial charge < -0.3 is 9.73 Å². The molecular formula is C14H11N5O7S. The van der Waals surface area contributed by atoms with Crippen molar-refractivity contribution in [2.24, 2.45) is 5.10 Å². The predicted molar refractivity (Wildman–Crippen MR) is 94.3 cm³/mol. The molecule has 0 atom stereocenters. The molecule has 2 amide bonds. The van der Waals surface area contributed by atoms with Crippen LogP contribution in [0.15, 0.2) is 39.9 Å². The molecule has 0 spiro atoms. The fourth-order valence-corrected chi connectivity index (χ4v) is 2.39. The number of carbonyl (C=O) groups excluding carboxylic acids is 2. The molecule has 0 aliphatic carbocycles. The minimum Gasteiger partial charge on any atom is -0.401 e. The van der Waals surface area contributed by atoms with Gasteiger partial charge in [-0.2, -0.15) is 5.10 Å². The summed E-state index contributed by atoms with van der Waals surface area (Å²) in [6, 6.07) is 5.08. The van der Waals surface area contributed by atoms with Crippen molar-refractivity contribution in [3.8, 4) is 0 Å². The zero-order valence-corrected chi connectivity index (χ0v) is 14.2. The number of nitrogens with one attached hydrogen (secondary N) is 2. The van der Waals surface area contributed by atoms with E-state index in [4.69, 9.17) is 4.42 Å². The Kier molecular flexibility index (Phi) is 6.49. The number of hydrazone groups is 1. The average molecular weight is 393 g/mol. The molecule has 0 saturated heterocycles. The van der Waals surface area contributed by atoms with Crippen LogP contribution in [0.4, 0.5) is 10.9 Å². The van der Waals surface area contributed by atoms with E-state index in [9.17, 15) is 29.8 Å². The first-order chi connectivity index (χ1) is 12.9. The van der Waals surface area contributed by atoms with Crippen LogP contribution >= 0.6 is 11.3 Å². The van der Waals surface area contributed by atoms with E-state index in [-0.39, 0.29) is 22.2 Å². The summed E-state index contributed by atoms with van der Waals surface area (Å²) in [5, 5.41) is 26.7. The second kappa shape index (κ2) is 9.00. The number of furan rings is 1. The van der Waals surface area contributed by atoms with Crippen LogP contribution in [0.25, 0.3) is 6.08 Å². The molecule has 13 heteroatoms. The number of nitro groups is 2. The minimum absolute atomic E-state index is 0.105. The third-order valence-electron chi connectivity index (χ3n) is 2.81. The van der Waals surface area contributed by atoms with Crippen LogP contribution in [0.1, 0.15) is 15.4 Å². The number of carbonyl (C=O) groups is 2. The van der Waals surface area contributed by atoms with Gasteiger partial charge in [-0.1, -0.05) is 11.3 Å². The van der Waals surface area contributed by atoms with Crippen molar-refractivity contribution >= 4 is 46.3 Å². The number of rotatable bonds is 8. The van der Waals surface area contributed by atoms with Crippen molar-refractivity contribution in [3.05, 3.63) is 61.2 Å². The largest absolute Gasteiger partial charge is 0.433 e. The Bertz CT molecular complexity index is 930. The van der Waals surface area contributed by atoms with Crippen LogP contribution in [0.2, 0.25) is 0 Å². The fourth-order valence-electron chi connectivity index (χ4n) is 1.66. The van der Waals surface area contributed by atoms with Gasteiger partial charge in [-0.05, 0) is 24.3 Å². The van der Waals surface area contributed by atoms with Gasteiger partial charge in [-0.15, -0.1) is 0 Å². The molecule has 140 valence electrons. The fraction of sp³-hybridized carbons (Fsp3) is 0.0714. The first-order valence-corrected chi connectivity index (χ1v) is 7.93. The molecule has 2 rings (SSSR count). The highest BCUT2D eigenvalue weighted by atomic mass is 32.1. The smallest absolute Gasteiger partial charge is 0.401 e. The van der Waals surface area contributed by atoms with Gasteiger partial charge in [0.15, 0.2) is 0 Å². The summed E-state index contributed by atoms with van der Waals surface area (Å²) in [6.07, 6.45) is 3.98. The lowest BCUT2D eigenvalue weighted by Gasteiger charge is -2.01. The van der Waals surface area contributed by atoms with E-state index in [1.165, 1.54) is 42.6 Å². The number of hydrogen-bond donors (Lipinski definition) is 2. The number of hydrogen-bond acceptors (Lipinski definition) is 9. The van der Waals surface area contributed by atoms with E-state index in [0.29, 0.717) is 11.3 Å². The topological polar surface area (TPSA) is 170 Å². The van der Waals surface area contributed by atoms with Crippen LogP contribution < -0.4 is 10.7 Å². The maximum absolute atomic E-state index is 11.8. The van der Waals surface area contributed by atoms with Crippen molar-refractivity contribution in [2.45, 2.75) is 0 Å². The van der Waals surface area contributed by atoms with Gasteiger partial charge >= 0.3 is 10.9 Å². The first-order valence-electron chi connectivity index (χ1n) is 7.12. The van der Waals surface area contributed by atoms with Crippen molar-refractivity contribution in [2.75, 3.05) is 6.54 Å². The Morgan fingerprint density at radius 2 is 1.96 bits per heavy atom. The molecular weight excluding hydrogens is 382 g/mol. The van der Waals surface area contributed by atoms with Gasteiger partial charge in [-0.25, -0.2) is 5.43 Å². The molecule has 12 nitrogen and oxygen atoms in total. The zero-order valence-electron chi connectivity index (χ0n) is 13.4. The van der Waals surface area contributed by atoms with Crippen LogP contribution in [0.5, 0.6) is 0 Å². The van der Waals surface area contributed by atoms with E-state index in [1.807, 2.05) is 0 Å². The monoisotopic (exact) mass is 393 g/mol. The molecule has 0 aliphatic heterocycles. The summed E-state index contributed by atoms with van der Waals surface area (Å²) in [6.45, 7) is -0.379. The second-order valence-electron chi connectivity index (χ2n) is 4.68. The summed E-state index contributed by atoms with van der Waals surface area (Å²) in [7, 11) is 0. The number of nitrogens with zero attached hydrogens (tertiary/aromatic N) is 3. The highest BCUT2D eigenvalue weighted by Gasteiger charge is 2.15. The molecule has 0 radical (unpaired) electrons. The van der Waals surface area contributed by atoms with E-state index in [2.05, 4.69) is 15.8 Å². The predicted octanol–water partition coefficient (Wildman–Crippen LogP) is 1.70. The molecule has 0 aliphatic rings. The van der Waals surface area contributed by atoms with Crippen LogP contribution in [-0.4, -0.2) is 34.4 Å². The summed E-state index contributed by atoms with van der Waals surface area (Å²) in [5.74, 6) is -1.40. The zero-order chi connectivity index (χ0) is 19.8. The molecule has 0 fully saturated rings. The average Bonchev–Trinajstić information content (AvgIpc) is 3.29. The SMILES string of the molecule is O=C(CNC(=O)c1ccc([N+](=O)[O-])s1)N/N=C\C=C\c1ccc([N+](=O)[O-])o1. The maximum atomic E-state index is 11.8. The van der Waals surface area contributed by atoms with Crippen LogP contribution in [0, 0.1) is 20.2 Å². The van der Waals surface area contributed by atoms with Gasteiger partial charge in [0.2, 0.25) is 0 Å². The van der Waals surface area contributed by atoms with Crippen molar-refractivity contribution < 1.29 is 23.9 Å². The molecule has 0 aromatic carbocycles. The van der Waals surface area contributed by atoms with E-state index in [0.717, 1.165) is 0 Å². The van der Waals surface area contributed by atoms with E-state index in [1.54, 1.807) is 0 Å². The molecule has 0 unspecified atom stereocenters. The Hall–Kier alpha value is -3.87. The molecule has 27 heavy (non-hydrogen) atoms. The Balaban J connectivity index is 1.74. The first kappa shape index (κ1) is 19.5. The summed E-state index contributed by atoms with van der Waals surface area (Å²) < 4.78 is 4.87. The second-order valence-corrected chi connectivity index (χ2v) is 5.75. The molecule has 2 aromatic heterocycles. The molecule has 2 aromatic rings. The molecule has 2 heterocycles. The summed E-state index contributed by atoms with van der Waals surface area (Å²) in [4.78, 5) is 43.1. The Morgan fingerprint density at radius 1 is 1.19 bits per heavy atom. The normalized spacial score (nSPS) is 11.0. The van der Waals surface area contributed by atoms with E-state index >= 15 is 0 Å². The van der Waals surface area contributed by atoms with Gasteiger partial charge in [-0.3, -0.25) is 29.8 Å². The minimum atomic E-state index is -0.672. The van der Waals surface area contributed by atoms with Crippen LogP contribution in [-0.2, 0) is 4.79 Å². The van der Waals surface area contributed by atoms with E-state index < -0.39 is 27.5 Å². The van der Waals surface area contributed by atoms with Gasteiger partial charge in [0, 0.05) is 12.3 Å². The van der Waals surface area contributed by atoms with Crippen molar-refractivity contribution in [3.63, 3.8) is 0 Å². The third kappa shape index (κ3) is 5.86. The van der Waals surface area contributed by atoms with Gasteiger partial charge in [0.25, 0.3) is 11.8 Å². The summed E-state index contributed by atoms with van der Waals surface area (Å²) in [5.41, 5.74) is 2.14. The number of allylic oxidation sites excluding steroid dienone is 1. The lowest BCUT2D eigenvalue weighted by atomic mass is 10.4. The maximum Gasteiger partial charge on any atom is 0.433 e. The standard InChI is InChI=1S/C14H11N5O7S/c20-11(8-15-14(21)10-4-6-13(27-10)19(24)25)17-16-7-1-2-9-3-5-12(26-9)18(22)23/h1-7H,8H2,(H,15,21)(H,17,20)/b2-1+,16-7-. The summed E-state index contributed by atoms with van der Waals surface area (Å²) >= 11 is 0.694. The molecule has 0 saturated carbocycles. The molecule has 0 bridgehead atoms. The Morgan fingerprint density at radius 3 is 2.59 bits per heavy atom. The van der Waals surface area contributed by atoms with Crippen molar-refractivity contribution in [1.29, 1.82) is 0 Å². The van der Waals surface area contributed by atoms with Crippen LogP contribution in [0.3, 0.4) is 0 Å². The number of thiophene rings is 1. The quantitative estimate of drug-likeness (QED) is 0.390. The highest BCUT2D eigenvalue weighted by Crippen LogP contribution is 2.23. The lowest BCUT2D eigenvalue weighted by molar-refractivity contribution is -0.402. The van der Waals surface area contributed by atoms with Gasteiger partial charge in [0.05, 0.1) is 22.4 Å². The number of amides is 2. The lowest BCUT2D eigenvalue weighted by Crippen LogP contribution is -2.34. The third-order valence-corrected chi connectivity index (χ3v) is 3.84. The highest BCUT2D eigenvalue weighted by molar-refractivity contribution is 7.17. The Labute approximate surface area is 154 Å². The van der Waals surface area contributed by atoms with Crippen molar-refractivity contribution in [1.82, 2.24) is 10.7 Å².